The lowest BCUT2D eigenvalue weighted by Crippen LogP contribution is -2.40. The summed E-state index contributed by atoms with van der Waals surface area (Å²) in [5, 5.41) is 2.93. The van der Waals surface area contributed by atoms with E-state index in [1.54, 1.807) is 12.1 Å². The molecule has 1 saturated carbocycles. The fraction of sp³-hybridized carbons (Fsp3) is 0.226. The minimum absolute atomic E-state index is 0.0130. The van der Waals surface area contributed by atoms with Gasteiger partial charge in [-0.3, -0.25) is 9.59 Å². The molecular weight excluding hydrogens is 464 g/mol. The Morgan fingerprint density at radius 1 is 0.919 bits per heavy atom. The lowest BCUT2D eigenvalue weighted by atomic mass is 9.87. The van der Waals surface area contributed by atoms with Crippen LogP contribution in [0, 0.1) is 0 Å². The summed E-state index contributed by atoms with van der Waals surface area (Å²) in [7, 11) is 0. The number of carbonyl (C=O) groups is 2. The molecule has 2 aliphatic rings. The number of benzene rings is 3. The highest BCUT2D eigenvalue weighted by Crippen LogP contribution is 2.38. The van der Waals surface area contributed by atoms with Crippen molar-refractivity contribution in [1.82, 2.24) is 10.2 Å². The van der Waals surface area contributed by atoms with Gasteiger partial charge in [0.05, 0.1) is 6.04 Å². The Kier molecular flexibility index (Phi) is 6.23. The number of ether oxygens (including phenoxy) is 1. The van der Waals surface area contributed by atoms with Gasteiger partial charge >= 0.3 is 0 Å². The van der Waals surface area contributed by atoms with Gasteiger partial charge in [0, 0.05) is 18.2 Å². The molecule has 1 aliphatic heterocycles. The Morgan fingerprint density at radius 3 is 2.43 bits per heavy atom. The van der Waals surface area contributed by atoms with E-state index in [0.29, 0.717) is 29.4 Å². The standard InChI is InChI=1S/C31H28N2O4/c34-30(32-24-12-13-24)28-16-15-26(37-28)20-36-25-14-11-21-17-18-33(31(35)23-9-5-2-6-10-23)29(27(21)19-25)22-7-3-1-4-8-22/h1-11,14-16,19,24,29H,12-13,17-18,20H2,(H,32,34). The van der Waals surface area contributed by atoms with E-state index < -0.39 is 0 Å². The largest absolute Gasteiger partial charge is 0.486 e. The molecule has 0 spiro atoms. The number of hydrogen-bond acceptors (Lipinski definition) is 4. The summed E-state index contributed by atoms with van der Waals surface area (Å²) in [6, 6.07) is 29.1. The maximum absolute atomic E-state index is 13.6. The minimum Gasteiger partial charge on any atom is -0.486 e. The van der Waals surface area contributed by atoms with Crippen molar-refractivity contribution in [2.24, 2.45) is 0 Å². The number of fused-ring (bicyclic) bond motifs is 1. The highest BCUT2D eigenvalue weighted by molar-refractivity contribution is 5.95. The zero-order chi connectivity index (χ0) is 25.2. The Morgan fingerprint density at radius 2 is 1.68 bits per heavy atom. The van der Waals surface area contributed by atoms with Crippen LogP contribution in [0.2, 0.25) is 0 Å². The molecule has 1 aliphatic carbocycles. The first-order valence-corrected chi connectivity index (χ1v) is 12.7. The van der Waals surface area contributed by atoms with Crippen molar-refractivity contribution in [3.8, 4) is 5.75 Å². The van der Waals surface area contributed by atoms with E-state index in [-0.39, 0.29) is 30.5 Å². The van der Waals surface area contributed by atoms with Gasteiger partial charge in [-0.05, 0) is 72.4 Å². The number of nitrogens with zero attached hydrogens (tertiary/aromatic N) is 1. The second-order valence-corrected chi connectivity index (χ2v) is 9.59. The molecule has 6 nitrogen and oxygen atoms in total. The Bertz CT molecular complexity index is 1410. The lowest BCUT2D eigenvalue weighted by Gasteiger charge is -2.38. The van der Waals surface area contributed by atoms with Crippen molar-refractivity contribution in [1.29, 1.82) is 0 Å². The molecule has 2 heterocycles. The van der Waals surface area contributed by atoms with Gasteiger partial charge in [-0.1, -0.05) is 54.6 Å². The fourth-order valence-corrected chi connectivity index (χ4v) is 4.86. The van der Waals surface area contributed by atoms with Crippen molar-refractivity contribution >= 4 is 11.8 Å². The number of nitrogens with one attached hydrogen (secondary N) is 1. The first kappa shape index (κ1) is 23.1. The van der Waals surface area contributed by atoms with E-state index >= 15 is 0 Å². The van der Waals surface area contributed by atoms with Crippen LogP contribution in [0.1, 0.15) is 62.2 Å². The summed E-state index contributed by atoms with van der Waals surface area (Å²) in [6.45, 7) is 0.844. The van der Waals surface area contributed by atoms with E-state index in [1.807, 2.05) is 65.6 Å². The summed E-state index contributed by atoms with van der Waals surface area (Å²) >= 11 is 0. The third-order valence-corrected chi connectivity index (χ3v) is 6.92. The number of carbonyl (C=O) groups excluding carboxylic acids is 2. The smallest absolute Gasteiger partial charge is 0.287 e. The van der Waals surface area contributed by atoms with Crippen molar-refractivity contribution in [2.75, 3.05) is 6.54 Å². The molecule has 4 aromatic rings. The van der Waals surface area contributed by atoms with Gasteiger partial charge in [0.1, 0.15) is 18.1 Å². The lowest BCUT2D eigenvalue weighted by molar-refractivity contribution is 0.0694. The maximum atomic E-state index is 13.6. The van der Waals surface area contributed by atoms with E-state index in [1.165, 1.54) is 5.56 Å². The number of furan rings is 1. The monoisotopic (exact) mass is 492 g/mol. The van der Waals surface area contributed by atoms with Gasteiger partial charge < -0.3 is 19.4 Å². The van der Waals surface area contributed by atoms with Crippen molar-refractivity contribution in [2.45, 2.75) is 38.0 Å². The van der Waals surface area contributed by atoms with E-state index in [9.17, 15) is 9.59 Å². The zero-order valence-corrected chi connectivity index (χ0v) is 20.4. The van der Waals surface area contributed by atoms with Crippen LogP contribution < -0.4 is 10.1 Å². The van der Waals surface area contributed by atoms with Crippen LogP contribution >= 0.6 is 0 Å². The molecule has 6 heteroatoms. The van der Waals surface area contributed by atoms with Crippen LogP contribution in [-0.4, -0.2) is 29.3 Å². The average molecular weight is 493 g/mol. The average Bonchev–Trinajstić information content (AvgIpc) is 3.63. The molecule has 6 rings (SSSR count). The predicted octanol–water partition coefficient (Wildman–Crippen LogP) is 5.54. The molecule has 0 saturated heterocycles. The molecule has 3 aromatic carbocycles. The first-order valence-electron chi connectivity index (χ1n) is 12.7. The molecule has 37 heavy (non-hydrogen) atoms. The summed E-state index contributed by atoms with van der Waals surface area (Å²) < 4.78 is 11.8. The predicted molar refractivity (Wildman–Crippen MR) is 139 cm³/mol. The molecule has 1 fully saturated rings. The molecule has 1 unspecified atom stereocenters. The van der Waals surface area contributed by atoms with Crippen molar-refractivity contribution in [3.05, 3.63) is 125 Å². The van der Waals surface area contributed by atoms with Crippen LogP contribution in [0.3, 0.4) is 0 Å². The highest BCUT2D eigenvalue weighted by atomic mass is 16.5. The zero-order valence-electron chi connectivity index (χ0n) is 20.4. The van der Waals surface area contributed by atoms with Crippen molar-refractivity contribution in [3.63, 3.8) is 0 Å². The molecule has 2 amide bonds. The van der Waals surface area contributed by atoms with Crippen LogP contribution in [0.15, 0.2) is 95.4 Å². The van der Waals surface area contributed by atoms with Crippen molar-refractivity contribution < 1.29 is 18.7 Å². The number of rotatable bonds is 7. The summed E-state index contributed by atoms with van der Waals surface area (Å²) in [5.74, 6) is 1.40. The van der Waals surface area contributed by atoms with Crippen LogP contribution in [0.5, 0.6) is 5.75 Å². The molecule has 0 radical (unpaired) electrons. The first-order chi connectivity index (χ1) is 18.2. The quantitative estimate of drug-likeness (QED) is 0.368. The summed E-state index contributed by atoms with van der Waals surface area (Å²) in [5.41, 5.74) is 4.00. The highest BCUT2D eigenvalue weighted by Gasteiger charge is 2.33. The summed E-state index contributed by atoms with van der Waals surface area (Å²) in [6.07, 6.45) is 2.83. The SMILES string of the molecule is O=C(NC1CC1)c1ccc(COc2ccc3c(c2)C(c2ccccc2)N(C(=O)c2ccccc2)CC3)o1. The molecule has 0 bridgehead atoms. The second-order valence-electron chi connectivity index (χ2n) is 9.59. The maximum Gasteiger partial charge on any atom is 0.287 e. The molecular formula is C31H28N2O4. The number of hydrogen-bond donors (Lipinski definition) is 1. The van der Waals surface area contributed by atoms with Gasteiger partial charge in [-0.25, -0.2) is 0 Å². The topological polar surface area (TPSA) is 71.8 Å². The van der Waals surface area contributed by atoms with Gasteiger partial charge in [-0.2, -0.15) is 0 Å². The van der Waals surface area contributed by atoms with Gasteiger partial charge in [0.2, 0.25) is 0 Å². The number of amides is 2. The van der Waals surface area contributed by atoms with E-state index in [4.69, 9.17) is 9.15 Å². The molecule has 1 N–H and O–H groups in total. The third-order valence-electron chi connectivity index (χ3n) is 6.92. The Hall–Kier alpha value is -4.32. The second kappa shape index (κ2) is 9.97. The fourth-order valence-electron chi connectivity index (χ4n) is 4.86. The summed E-state index contributed by atoms with van der Waals surface area (Å²) in [4.78, 5) is 27.7. The van der Waals surface area contributed by atoms with Crippen LogP contribution in [0.25, 0.3) is 0 Å². The third kappa shape index (κ3) is 5.00. The van der Waals surface area contributed by atoms with Crippen LogP contribution in [-0.2, 0) is 13.0 Å². The van der Waals surface area contributed by atoms with E-state index in [0.717, 1.165) is 30.4 Å². The Labute approximate surface area is 215 Å². The molecule has 1 atom stereocenters. The van der Waals surface area contributed by atoms with Crippen LogP contribution in [0.4, 0.5) is 0 Å². The van der Waals surface area contributed by atoms with Gasteiger partial charge in [0.25, 0.3) is 11.8 Å². The molecule has 186 valence electrons. The van der Waals surface area contributed by atoms with Gasteiger partial charge in [0.15, 0.2) is 5.76 Å². The normalized spacial score (nSPS) is 16.6. The van der Waals surface area contributed by atoms with Gasteiger partial charge in [-0.15, -0.1) is 0 Å². The molecule has 1 aromatic heterocycles. The minimum atomic E-state index is -0.220. The van der Waals surface area contributed by atoms with E-state index in [2.05, 4.69) is 23.5 Å². The Balaban J connectivity index is 1.25.